The molecule has 2 rings (SSSR count). The fourth-order valence-electron chi connectivity index (χ4n) is 2.08. The second kappa shape index (κ2) is 9.31. The number of amides is 1. The molecule has 7 heteroatoms. The molecule has 0 saturated heterocycles. The van der Waals surface area contributed by atoms with Crippen LogP contribution in [0.1, 0.15) is 21.5 Å². The van der Waals surface area contributed by atoms with Crippen molar-refractivity contribution in [1.29, 1.82) is 0 Å². The maximum absolute atomic E-state index is 12.9. The van der Waals surface area contributed by atoms with Gasteiger partial charge in [0.15, 0.2) is 6.61 Å². The van der Waals surface area contributed by atoms with E-state index in [0.717, 1.165) is 5.56 Å². The topological polar surface area (TPSA) is 68.2 Å². The van der Waals surface area contributed by atoms with Gasteiger partial charge in [0, 0.05) is 13.6 Å². The molecule has 136 valence electrons. The molecule has 26 heavy (non-hydrogen) atoms. The van der Waals surface area contributed by atoms with Crippen LogP contribution in [0.2, 0.25) is 0 Å². The van der Waals surface area contributed by atoms with E-state index >= 15 is 0 Å². The largest absolute Gasteiger partial charge is 0.465 e. The summed E-state index contributed by atoms with van der Waals surface area (Å²) >= 11 is 0. The van der Waals surface area contributed by atoms with E-state index < -0.39 is 5.97 Å². The van der Waals surface area contributed by atoms with E-state index in [1.165, 1.54) is 30.4 Å². The van der Waals surface area contributed by atoms with Gasteiger partial charge < -0.3 is 14.5 Å². The highest BCUT2D eigenvalue weighted by Gasteiger charge is 2.10. The van der Waals surface area contributed by atoms with Crippen LogP contribution in [0.25, 0.3) is 0 Å². The monoisotopic (exact) mass is 358 g/mol. The molecule has 0 aliphatic heterocycles. The molecular formula is C19H19FN2O4. The number of oxime groups is 1. The van der Waals surface area contributed by atoms with E-state index in [9.17, 15) is 14.0 Å². The van der Waals surface area contributed by atoms with Gasteiger partial charge >= 0.3 is 5.97 Å². The van der Waals surface area contributed by atoms with E-state index in [0.29, 0.717) is 17.7 Å². The molecule has 0 N–H and O–H groups in total. The van der Waals surface area contributed by atoms with Crippen molar-refractivity contribution < 1.29 is 23.6 Å². The van der Waals surface area contributed by atoms with Gasteiger partial charge in [0.25, 0.3) is 5.91 Å². The van der Waals surface area contributed by atoms with Crippen LogP contribution in [0.3, 0.4) is 0 Å². The van der Waals surface area contributed by atoms with Crippen molar-refractivity contribution in [2.45, 2.75) is 6.54 Å². The Morgan fingerprint density at radius 2 is 1.77 bits per heavy atom. The number of likely N-dealkylation sites (N-methyl/N-ethyl adjacent to an activating group) is 1. The van der Waals surface area contributed by atoms with Gasteiger partial charge in [0.05, 0.1) is 18.9 Å². The molecule has 0 atom stereocenters. The van der Waals surface area contributed by atoms with Gasteiger partial charge in [0.1, 0.15) is 5.82 Å². The molecule has 0 heterocycles. The molecular weight excluding hydrogens is 339 g/mol. The van der Waals surface area contributed by atoms with Crippen molar-refractivity contribution in [2.75, 3.05) is 20.8 Å². The van der Waals surface area contributed by atoms with Crippen LogP contribution in [0.5, 0.6) is 0 Å². The van der Waals surface area contributed by atoms with Crippen LogP contribution in [-0.4, -0.2) is 43.8 Å². The minimum Gasteiger partial charge on any atom is -0.465 e. The molecule has 2 aromatic rings. The number of carbonyl (C=O) groups excluding carboxylic acids is 2. The summed E-state index contributed by atoms with van der Waals surface area (Å²) in [4.78, 5) is 29.8. The van der Waals surface area contributed by atoms with Crippen molar-refractivity contribution in [1.82, 2.24) is 4.90 Å². The second-order valence-electron chi connectivity index (χ2n) is 5.50. The molecule has 0 radical (unpaired) electrons. The number of hydrogen-bond acceptors (Lipinski definition) is 5. The van der Waals surface area contributed by atoms with E-state index in [1.807, 2.05) is 0 Å². The lowest BCUT2D eigenvalue weighted by atomic mass is 10.1. The molecule has 0 unspecified atom stereocenters. The van der Waals surface area contributed by atoms with Crippen LogP contribution in [0.15, 0.2) is 53.7 Å². The van der Waals surface area contributed by atoms with E-state index in [4.69, 9.17) is 4.84 Å². The van der Waals surface area contributed by atoms with Crippen LogP contribution in [0.4, 0.5) is 4.39 Å². The Balaban J connectivity index is 1.78. The summed E-state index contributed by atoms with van der Waals surface area (Å²) in [7, 11) is 2.94. The highest BCUT2D eigenvalue weighted by Crippen LogP contribution is 2.06. The van der Waals surface area contributed by atoms with Gasteiger partial charge in [-0.25, -0.2) is 9.18 Å². The first-order chi connectivity index (χ1) is 12.5. The predicted octanol–water partition coefficient (Wildman–Crippen LogP) is 2.62. The zero-order valence-corrected chi connectivity index (χ0v) is 14.5. The van der Waals surface area contributed by atoms with Crippen molar-refractivity contribution in [2.24, 2.45) is 5.16 Å². The fourth-order valence-corrected chi connectivity index (χ4v) is 2.08. The van der Waals surface area contributed by atoms with Gasteiger partial charge in [-0.2, -0.15) is 0 Å². The van der Waals surface area contributed by atoms with Gasteiger partial charge in [-0.05, 0) is 35.4 Å². The molecule has 6 nitrogen and oxygen atoms in total. The third-order valence-electron chi connectivity index (χ3n) is 3.55. The summed E-state index contributed by atoms with van der Waals surface area (Å²) in [5.74, 6) is -0.993. The summed E-state index contributed by atoms with van der Waals surface area (Å²) in [6, 6.07) is 12.5. The Morgan fingerprint density at radius 3 is 2.38 bits per heavy atom. The lowest BCUT2D eigenvalue weighted by Gasteiger charge is -2.16. The lowest BCUT2D eigenvalue weighted by molar-refractivity contribution is -0.135. The summed E-state index contributed by atoms with van der Waals surface area (Å²) in [6.45, 7) is 0.135. The highest BCUT2D eigenvalue weighted by molar-refractivity contribution is 5.90. The number of esters is 1. The van der Waals surface area contributed by atoms with Gasteiger partial charge in [-0.1, -0.05) is 29.4 Å². The SMILES string of the molecule is COC(=O)c1ccc(/C=N/OCC(=O)N(C)Cc2ccc(F)cc2)cc1. The minimum atomic E-state index is -0.417. The molecule has 0 spiro atoms. The number of benzene rings is 2. The first-order valence-corrected chi connectivity index (χ1v) is 7.81. The van der Waals surface area contributed by atoms with Crippen molar-refractivity contribution >= 4 is 18.1 Å². The van der Waals surface area contributed by atoms with Crippen LogP contribution < -0.4 is 0 Å². The standard InChI is InChI=1S/C19H19FN2O4/c1-22(12-15-5-9-17(20)10-6-15)18(23)13-26-21-11-14-3-7-16(8-4-14)19(24)25-2/h3-11H,12-13H2,1-2H3/b21-11+. The Labute approximate surface area is 150 Å². The number of methoxy groups -OCH3 is 1. The first-order valence-electron chi connectivity index (χ1n) is 7.81. The maximum Gasteiger partial charge on any atom is 0.337 e. The van der Waals surface area contributed by atoms with Crippen LogP contribution in [0, 0.1) is 5.82 Å². The Morgan fingerprint density at radius 1 is 1.12 bits per heavy atom. The predicted molar refractivity (Wildman–Crippen MR) is 94.2 cm³/mol. The van der Waals surface area contributed by atoms with Crippen molar-refractivity contribution in [3.8, 4) is 0 Å². The summed E-state index contributed by atoms with van der Waals surface area (Å²) in [5, 5.41) is 3.74. The molecule has 0 bridgehead atoms. The summed E-state index contributed by atoms with van der Waals surface area (Å²) in [5.41, 5.74) is 1.96. The number of hydrogen-bond donors (Lipinski definition) is 0. The van der Waals surface area contributed by atoms with E-state index in [2.05, 4.69) is 9.89 Å². The third kappa shape index (κ3) is 5.70. The molecule has 0 fully saturated rings. The van der Waals surface area contributed by atoms with Gasteiger partial charge in [-0.3, -0.25) is 4.79 Å². The van der Waals surface area contributed by atoms with Gasteiger partial charge in [-0.15, -0.1) is 0 Å². The molecule has 2 aromatic carbocycles. The zero-order chi connectivity index (χ0) is 18.9. The Hall–Kier alpha value is -3.22. The first kappa shape index (κ1) is 19.1. The quantitative estimate of drug-likeness (QED) is 0.433. The fraction of sp³-hybridized carbons (Fsp3) is 0.211. The maximum atomic E-state index is 12.9. The third-order valence-corrected chi connectivity index (χ3v) is 3.55. The van der Waals surface area contributed by atoms with Crippen molar-refractivity contribution in [3.63, 3.8) is 0 Å². The summed E-state index contributed by atoms with van der Waals surface area (Å²) < 4.78 is 17.5. The molecule has 0 aliphatic rings. The van der Waals surface area contributed by atoms with Crippen molar-refractivity contribution in [3.05, 3.63) is 71.0 Å². The average molecular weight is 358 g/mol. The van der Waals surface area contributed by atoms with Gasteiger partial charge in [0.2, 0.25) is 0 Å². The molecule has 0 aliphatic carbocycles. The van der Waals surface area contributed by atoms with Crippen LogP contribution >= 0.6 is 0 Å². The molecule has 0 aromatic heterocycles. The van der Waals surface area contributed by atoms with E-state index in [1.54, 1.807) is 43.4 Å². The number of nitrogens with zero attached hydrogens (tertiary/aromatic N) is 2. The summed E-state index contributed by atoms with van der Waals surface area (Å²) in [6.07, 6.45) is 1.44. The second-order valence-corrected chi connectivity index (χ2v) is 5.50. The number of carbonyl (C=O) groups is 2. The lowest BCUT2D eigenvalue weighted by Crippen LogP contribution is -2.29. The number of halogens is 1. The Kier molecular flexibility index (Phi) is 6.84. The zero-order valence-electron chi connectivity index (χ0n) is 14.5. The molecule has 0 saturated carbocycles. The highest BCUT2D eigenvalue weighted by atomic mass is 19.1. The number of rotatable bonds is 7. The number of ether oxygens (including phenoxy) is 1. The minimum absolute atomic E-state index is 0.214. The van der Waals surface area contributed by atoms with Crippen LogP contribution in [-0.2, 0) is 20.9 Å². The normalized spacial score (nSPS) is 10.6. The Bertz CT molecular complexity index is 773. The molecule has 1 amide bonds. The van der Waals surface area contributed by atoms with E-state index in [-0.39, 0.29) is 18.3 Å². The smallest absolute Gasteiger partial charge is 0.337 e. The average Bonchev–Trinajstić information content (AvgIpc) is 2.66.